The summed E-state index contributed by atoms with van der Waals surface area (Å²) in [7, 11) is 0. The Morgan fingerprint density at radius 3 is 2.93 bits per heavy atom. The average molecular weight is 194 g/mol. The normalized spacial score (nSPS) is 19.7. The van der Waals surface area contributed by atoms with Crippen molar-refractivity contribution in [1.82, 2.24) is 0 Å². The Morgan fingerprint density at radius 2 is 1.93 bits per heavy atom. The summed E-state index contributed by atoms with van der Waals surface area (Å²) in [5.41, 5.74) is 7.41. The molecule has 1 nitrogen and oxygen atoms in total. The number of hydrogen-bond acceptors (Lipinski definition) is 0. The van der Waals surface area contributed by atoms with Crippen LogP contribution >= 0.6 is 0 Å². The minimum atomic E-state index is 1.09. The Kier molecular flexibility index (Phi) is 1.26. The van der Waals surface area contributed by atoms with Gasteiger partial charge in [0.1, 0.15) is 0 Å². The van der Waals surface area contributed by atoms with Crippen LogP contribution in [0.4, 0.5) is 0 Å². The summed E-state index contributed by atoms with van der Waals surface area (Å²) in [4.78, 5) is 0. The van der Waals surface area contributed by atoms with E-state index in [4.69, 9.17) is 0 Å². The molecule has 2 heterocycles. The smallest absolute Gasteiger partial charge is 0.191 e. The van der Waals surface area contributed by atoms with Gasteiger partial charge in [-0.2, -0.15) is 4.57 Å². The second kappa shape index (κ2) is 2.48. The summed E-state index contributed by atoms with van der Waals surface area (Å²) in [6.07, 6.45) is 11.3. The molecular formula is C14H12N+. The van der Waals surface area contributed by atoms with Crippen LogP contribution in [0.3, 0.4) is 0 Å². The van der Waals surface area contributed by atoms with E-state index in [1.165, 1.54) is 22.5 Å². The monoisotopic (exact) mass is 194 g/mol. The van der Waals surface area contributed by atoms with Crippen molar-refractivity contribution in [3.8, 4) is 0 Å². The van der Waals surface area contributed by atoms with Crippen LogP contribution in [0.1, 0.15) is 23.4 Å². The van der Waals surface area contributed by atoms with Crippen molar-refractivity contribution in [2.45, 2.75) is 19.4 Å². The fourth-order valence-corrected chi connectivity index (χ4v) is 2.92. The van der Waals surface area contributed by atoms with Crippen LogP contribution in [-0.2, 0) is 13.0 Å². The van der Waals surface area contributed by atoms with Crippen LogP contribution in [0.5, 0.6) is 0 Å². The van der Waals surface area contributed by atoms with Crippen molar-refractivity contribution in [3.63, 3.8) is 0 Å². The molecule has 4 rings (SSSR count). The van der Waals surface area contributed by atoms with Gasteiger partial charge in [0.2, 0.25) is 5.69 Å². The number of hydrogen-bond donors (Lipinski definition) is 0. The van der Waals surface area contributed by atoms with Gasteiger partial charge in [-0.15, -0.1) is 0 Å². The van der Waals surface area contributed by atoms with Gasteiger partial charge in [-0.3, -0.25) is 0 Å². The molecule has 0 spiro atoms. The lowest BCUT2D eigenvalue weighted by atomic mass is 10.1. The SMILES string of the molecule is C1=CC2=C(C1)c1ccc3c([n+]1C2)CC=C3. The molecule has 0 fully saturated rings. The number of aromatic nitrogens is 1. The molecule has 0 N–H and O–H groups in total. The van der Waals surface area contributed by atoms with Gasteiger partial charge in [-0.05, 0) is 12.5 Å². The quantitative estimate of drug-likeness (QED) is 0.558. The molecule has 1 heteroatoms. The second-order valence-corrected chi connectivity index (χ2v) is 4.42. The topological polar surface area (TPSA) is 3.88 Å². The molecule has 72 valence electrons. The highest BCUT2D eigenvalue weighted by molar-refractivity contribution is 5.73. The van der Waals surface area contributed by atoms with Gasteiger partial charge in [0.25, 0.3) is 0 Å². The minimum Gasteiger partial charge on any atom is -0.191 e. The molecule has 0 unspecified atom stereocenters. The summed E-state index contributed by atoms with van der Waals surface area (Å²) in [5, 5.41) is 0. The Hall–Kier alpha value is -1.63. The molecule has 0 bridgehead atoms. The van der Waals surface area contributed by atoms with Crippen LogP contribution < -0.4 is 4.57 Å². The van der Waals surface area contributed by atoms with Crippen LogP contribution in [0.15, 0.2) is 35.9 Å². The van der Waals surface area contributed by atoms with Crippen LogP contribution in [0.25, 0.3) is 11.6 Å². The Bertz CT molecular complexity index is 559. The van der Waals surface area contributed by atoms with E-state index in [1.807, 2.05) is 0 Å². The van der Waals surface area contributed by atoms with Crippen LogP contribution in [-0.4, -0.2) is 0 Å². The van der Waals surface area contributed by atoms with Crippen molar-refractivity contribution in [1.29, 1.82) is 0 Å². The molecule has 3 aliphatic rings. The highest BCUT2D eigenvalue weighted by Crippen LogP contribution is 2.33. The number of pyridine rings is 1. The zero-order valence-electron chi connectivity index (χ0n) is 8.53. The first-order valence-corrected chi connectivity index (χ1v) is 5.55. The van der Waals surface area contributed by atoms with E-state index in [0.717, 1.165) is 19.4 Å². The lowest BCUT2D eigenvalue weighted by Gasteiger charge is -2.02. The number of fused-ring (bicyclic) bond motifs is 4. The number of rotatable bonds is 0. The predicted octanol–water partition coefficient (Wildman–Crippen LogP) is 2.27. The summed E-state index contributed by atoms with van der Waals surface area (Å²) in [6, 6.07) is 4.54. The molecule has 0 aromatic carbocycles. The maximum absolute atomic E-state index is 2.49. The fraction of sp³-hybridized carbons (Fsp3) is 0.214. The summed E-state index contributed by atoms with van der Waals surface area (Å²) < 4.78 is 2.49. The molecule has 2 aliphatic carbocycles. The second-order valence-electron chi connectivity index (χ2n) is 4.42. The van der Waals surface area contributed by atoms with Gasteiger partial charge in [-0.25, -0.2) is 0 Å². The highest BCUT2D eigenvalue weighted by Gasteiger charge is 2.33. The van der Waals surface area contributed by atoms with E-state index < -0.39 is 0 Å². The Balaban J connectivity index is 1.96. The molecule has 1 aromatic heterocycles. The van der Waals surface area contributed by atoms with E-state index in [-0.39, 0.29) is 0 Å². The molecule has 0 atom stereocenters. The molecular weight excluding hydrogens is 182 g/mol. The molecule has 0 radical (unpaired) electrons. The van der Waals surface area contributed by atoms with Gasteiger partial charge in [0, 0.05) is 22.8 Å². The number of allylic oxidation sites excluding steroid dienone is 5. The third-order valence-electron chi connectivity index (χ3n) is 3.65. The van der Waals surface area contributed by atoms with Crippen LogP contribution in [0, 0.1) is 0 Å². The van der Waals surface area contributed by atoms with Crippen LogP contribution in [0.2, 0.25) is 0 Å². The van der Waals surface area contributed by atoms with Gasteiger partial charge in [0.15, 0.2) is 12.2 Å². The van der Waals surface area contributed by atoms with E-state index in [9.17, 15) is 0 Å². The maximum atomic E-state index is 2.49. The standard InChI is InChI=1S/C14H12N/c1-4-11-9-15-13-6-2-3-10(13)7-8-14(15)12(11)5-1/h1-4,7-8H,5-6,9H2/q+1. The molecule has 1 aliphatic heterocycles. The number of nitrogens with zero attached hydrogens (tertiary/aromatic N) is 1. The van der Waals surface area contributed by atoms with Gasteiger partial charge >= 0.3 is 0 Å². The fourth-order valence-electron chi connectivity index (χ4n) is 2.92. The lowest BCUT2D eigenvalue weighted by molar-refractivity contribution is -0.692. The van der Waals surface area contributed by atoms with E-state index in [0.29, 0.717) is 0 Å². The molecule has 15 heavy (non-hydrogen) atoms. The molecule has 0 saturated heterocycles. The van der Waals surface area contributed by atoms with Crippen molar-refractivity contribution in [2.24, 2.45) is 0 Å². The maximum Gasteiger partial charge on any atom is 0.209 e. The van der Waals surface area contributed by atoms with E-state index in [1.54, 1.807) is 5.57 Å². The minimum absolute atomic E-state index is 1.09. The third kappa shape index (κ3) is 0.858. The van der Waals surface area contributed by atoms with E-state index >= 15 is 0 Å². The third-order valence-corrected chi connectivity index (χ3v) is 3.65. The van der Waals surface area contributed by atoms with Gasteiger partial charge in [-0.1, -0.05) is 24.3 Å². The highest BCUT2D eigenvalue weighted by atomic mass is 15.0. The lowest BCUT2D eigenvalue weighted by Crippen LogP contribution is -2.39. The predicted molar refractivity (Wildman–Crippen MR) is 60.1 cm³/mol. The van der Waals surface area contributed by atoms with Crippen molar-refractivity contribution >= 4 is 11.6 Å². The summed E-state index contributed by atoms with van der Waals surface area (Å²) in [6.45, 7) is 1.09. The van der Waals surface area contributed by atoms with Crippen molar-refractivity contribution in [3.05, 3.63) is 52.9 Å². The summed E-state index contributed by atoms with van der Waals surface area (Å²) in [5.74, 6) is 0. The first kappa shape index (κ1) is 7.63. The van der Waals surface area contributed by atoms with Crippen molar-refractivity contribution < 1.29 is 4.57 Å². The Labute approximate surface area is 89.1 Å². The summed E-state index contributed by atoms with van der Waals surface area (Å²) >= 11 is 0. The van der Waals surface area contributed by atoms with E-state index in [2.05, 4.69) is 41.0 Å². The first-order valence-electron chi connectivity index (χ1n) is 5.55. The average Bonchev–Trinajstić information content (AvgIpc) is 2.90. The van der Waals surface area contributed by atoms with Gasteiger partial charge in [0.05, 0.1) is 6.42 Å². The molecule has 1 aromatic rings. The largest absolute Gasteiger partial charge is 0.209 e. The van der Waals surface area contributed by atoms with Crippen molar-refractivity contribution in [2.75, 3.05) is 0 Å². The zero-order chi connectivity index (χ0) is 9.83. The molecule has 0 amide bonds. The van der Waals surface area contributed by atoms with Gasteiger partial charge < -0.3 is 0 Å². The Morgan fingerprint density at radius 1 is 1.00 bits per heavy atom. The zero-order valence-corrected chi connectivity index (χ0v) is 8.53. The molecule has 0 saturated carbocycles. The first-order chi connectivity index (χ1) is 7.43.